The lowest BCUT2D eigenvalue weighted by molar-refractivity contribution is 0.395. The van der Waals surface area contributed by atoms with E-state index in [1.165, 1.54) is 12.8 Å². The van der Waals surface area contributed by atoms with Crippen molar-refractivity contribution in [3.8, 4) is 22.8 Å². The fourth-order valence-electron chi connectivity index (χ4n) is 4.06. The van der Waals surface area contributed by atoms with Crippen LogP contribution < -0.4 is 14.3 Å². The summed E-state index contributed by atoms with van der Waals surface area (Å²) in [5, 5.41) is 6.98. The van der Waals surface area contributed by atoms with E-state index in [0.29, 0.717) is 18.4 Å². The zero-order chi connectivity index (χ0) is 20.4. The number of allylic oxidation sites excluding steroid dienone is 2. The van der Waals surface area contributed by atoms with Crippen molar-refractivity contribution >= 4 is 17.6 Å². The molecule has 5 nitrogen and oxygen atoms in total. The van der Waals surface area contributed by atoms with Gasteiger partial charge in [0.25, 0.3) is 0 Å². The predicted molar refractivity (Wildman–Crippen MR) is 119 cm³/mol. The van der Waals surface area contributed by atoms with Gasteiger partial charge >= 0.3 is 0 Å². The molecule has 0 spiro atoms. The highest BCUT2D eigenvalue weighted by Gasteiger charge is 2.34. The van der Waals surface area contributed by atoms with Gasteiger partial charge in [0.15, 0.2) is 0 Å². The molecule has 0 N–H and O–H groups in total. The lowest BCUT2D eigenvalue weighted by Crippen LogP contribution is -2.16. The van der Waals surface area contributed by atoms with Crippen molar-refractivity contribution in [1.29, 1.82) is 0 Å². The number of ether oxygens (including phenoxy) is 2. The van der Waals surface area contributed by atoms with E-state index in [1.807, 2.05) is 29.8 Å². The summed E-state index contributed by atoms with van der Waals surface area (Å²) in [7, 11) is 3.33. The first-order valence-electron chi connectivity index (χ1n) is 9.89. The Bertz CT molecular complexity index is 1030. The molecule has 2 aliphatic rings. The molecule has 0 saturated heterocycles. The molecule has 1 aromatic heterocycles. The van der Waals surface area contributed by atoms with Gasteiger partial charge in [-0.1, -0.05) is 24.3 Å². The number of fused-ring (bicyclic) bond motifs is 2. The third-order valence-corrected chi connectivity index (χ3v) is 6.41. The number of nitrogens with zero attached hydrogens (tertiary/aromatic N) is 3. The summed E-state index contributed by atoms with van der Waals surface area (Å²) in [6, 6.07) is 5.84. The van der Waals surface area contributed by atoms with Gasteiger partial charge in [-0.25, -0.2) is 4.68 Å². The minimum atomic E-state index is 0.497. The lowest BCUT2D eigenvalue weighted by atomic mass is 9.95. The van der Waals surface area contributed by atoms with E-state index in [0.717, 1.165) is 39.0 Å². The van der Waals surface area contributed by atoms with Crippen LogP contribution in [0.5, 0.6) is 11.5 Å². The summed E-state index contributed by atoms with van der Waals surface area (Å²) in [5.74, 6) is 3.35. The summed E-state index contributed by atoms with van der Waals surface area (Å²) < 4.78 is 12.9. The second-order valence-electron chi connectivity index (χ2n) is 7.76. The van der Waals surface area contributed by atoms with E-state index in [1.54, 1.807) is 25.6 Å². The summed E-state index contributed by atoms with van der Waals surface area (Å²) in [4.78, 5) is 5.58. The average molecular weight is 410 g/mol. The van der Waals surface area contributed by atoms with Gasteiger partial charge in [-0.15, -0.1) is 11.3 Å². The van der Waals surface area contributed by atoms with E-state index in [2.05, 4.69) is 30.3 Å². The molecule has 6 heteroatoms. The molecule has 4 rings (SSSR count). The standard InChI is InChI=1S/C23H27N3O2S/c1-15(2)12-24-23-26(25-13-18-10-16-5-6-17(18)9-16)21(14-29-23)20-8-7-19(27-3)11-22(20)28-4/h5-8,11,13-14,16-18H,1,9-10,12H2,2-4H3. The Hall–Kier alpha value is -2.60. The Morgan fingerprint density at radius 3 is 2.79 bits per heavy atom. The zero-order valence-electron chi connectivity index (χ0n) is 17.2. The predicted octanol–water partition coefficient (Wildman–Crippen LogP) is 4.76. The van der Waals surface area contributed by atoms with Gasteiger partial charge in [0.1, 0.15) is 11.5 Å². The van der Waals surface area contributed by atoms with E-state index >= 15 is 0 Å². The lowest BCUT2D eigenvalue weighted by Gasteiger charge is -2.13. The second-order valence-corrected chi connectivity index (χ2v) is 8.60. The number of rotatable bonds is 7. The molecule has 3 unspecified atom stereocenters. The van der Waals surface area contributed by atoms with E-state index in [-0.39, 0.29) is 0 Å². The molecule has 1 aromatic carbocycles. The highest BCUT2D eigenvalue weighted by atomic mass is 32.1. The Labute approximate surface area is 175 Å². The number of hydrogen-bond acceptors (Lipinski definition) is 5. The molecular formula is C23H27N3O2S. The molecule has 1 fully saturated rings. The van der Waals surface area contributed by atoms with Crippen LogP contribution in [0.15, 0.2) is 58.0 Å². The third kappa shape index (κ3) is 4.08. The van der Waals surface area contributed by atoms with Crippen LogP contribution in [0.1, 0.15) is 19.8 Å². The third-order valence-electron chi connectivity index (χ3n) is 5.56. The minimum absolute atomic E-state index is 0.497. The normalized spacial score (nSPS) is 23.3. The maximum atomic E-state index is 5.63. The van der Waals surface area contributed by atoms with Crippen LogP contribution in [0, 0.1) is 17.8 Å². The molecule has 2 aromatic rings. The molecule has 0 aliphatic heterocycles. The van der Waals surface area contributed by atoms with E-state index in [9.17, 15) is 0 Å². The van der Waals surface area contributed by atoms with Gasteiger partial charge in [-0.05, 0) is 43.7 Å². The number of methoxy groups -OCH3 is 2. The first-order chi connectivity index (χ1) is 14.1. The molecule has 2 aliphatic carbocycles. The first kappa shape index (κ1) is 19.7. The molecule has 2 bridgehead atoms. The summed E-state index contributed by atoms with van der Waals surface area (Å²) >= 11 is 1.58. The number of benzene rings is 1. The molecule has 152 valence electrons. The van der Waals surface area contributed by atoms with Crippen molar-refractivity contribution in [3.05, 3.63) is 52.7 Å². The van der Waals surface area contributed by atoms with Crippen molar-refractivity contribution in [2.24, 2.45) is 27.8 Å². The van der Waals surface area contributed by atoms with Crippen LogP contribution in [0.3, 0.4) is 0 Å². The largest absolute Gasteiger partial charge is 0.497 e. The zero-order valence-corrected chi connectivity index (χ0v) is 18.0. The van der Waals surface area contributed by atoms with Gasteiger partial charge in [-0.3, -0.25) is 4.99 Å². The van der Waals surface area contributed by atoms with Crippen molar-refractivity contribution in [3.63, 3.8) is 0 Å². The molecule has 0 amide bonds. The van der Waals surface area contributed by atoms with Crippen LogP contribution in [0.2, 0.25) is 0 Å². The molecule has 1 heterocycles. The van der Waals surface area contributed by atoms with Gasteiger partial charge in [0, 0.05) is 29.1 Å². The molecule has 0 radical (unpaired) electrons. The molecule has 3 atom stereocenters. The number of hydrogen-bond donors (Lipinski definition) is 0. The summed E-state index contributed by atoms with van der Waals surface area (Å²) in [6.07, 6.45) is 9.27. The van der Waals surface area contributed by atoms with Crippen LogP contribution in [-0.2, 0) is 0 Å². The topological polar surface area (TPSA) is 48.1 Å². The molecule has 1 saturated carbocycles. The summed E-state index contributed by atoms with van der Waals surface area (Å²) in [6.45, 7) is 6.54. The van der Waals surface area contributed by atoms with Gasteiger partial charge in [0.05, 0.1) is 26.5 Å². The molecule has 29 heavy (non-hydrogen) atoms. The van der Waals surface area contributed by atoms with Crippen molar-refractivity contribution in [2.45, 2.75) is 19.8 Å². The van der Waals surface area contributed by atoms with Crippen molar-refractivity contribution < 1.29 is 9.47 Å². The maximum Gasteiger partial charge on any atom is 0.206 e. The summed E-state index contributed by atoms with van der Waals surface area (Å²) in [5.41, 5.74) is 2.95. The van der Waals surface area contributed by atoms with Gasteiger partial charge in [-0.2, -0.15) is 5.10 Å². The highest BCUT2D eigenvalue weighted by Crippen LogP contribution is 2.42. The Morgan fingerprint density at radius 1 is 1.28 bits per heavy atom. The van der Waals surface area contributed by atoms with E-state index < -0.39 is 0 Å². The fraction of sp³-hybridized carbons (Fsp3) is 0.391. The SMILES string of the molecule is C=C(C)CN=c1scc(-c2ccc(OC)cc2OC)n1N=CC1CC2C=CC1C2. The quantitative estimate of drug-likeness (QED) is 0.489. The van der Waals surface area contributed by atoms with Crippen LogP contribution in [-0.4, -0.2) is 31.7 Å². The average Bonchev–Trinajstić information content (AvgIpc) is 3.45. The van der Waals surface area contributed by atoms with Gasteiger partial charge < -0.3 is 9.47 Å². The van der Waals surface area contributed by atoms with Crippen LogP contribution >= 0.6 is 11.3 Å². The smallest absolute Gasteiger partial charge is 0.206 e. The van der Waals surface area contributed by atoms with Crippen LogP contribution in [0.4, 0.5) is 0 Å². The Kier molecular flexibility index (Phi) is 5.72. The highest BCUT2D eigenvalue weighted by molar-refractivity contribution is 7.07. The Morgan fingerprint density at radius 2 is 2.14 bits per heavy atom. The maximum absolute atomic E-state index is 5.63. The molecular weight excluding hydrogens is 382 g/mol. The first-order valence-corrected chi connectivity index (χ1v) is 10.8. The Balaban J connectivity index is 1.75. The monoisotopic (exact) mass is 409 g/mol. The second kappa shape index (κ2) is 8.41. The minimum Gasteiger partial charge on any atom is -0.497 e. The van der Waals surface area contributed by atoms with Crippen LogP contribution in [0.25, 0.3) is 11.3 Å². The van der Waals surface area contributed by atoms with Crippen molar-refractivity contribution in [2.75, 3.05) is 20.8 Å². The number of thiazole rings is 1. The van der Waals surface area contributed by atoms with E-state index in [4.69, 9.17) is 19.6 Å². The fourth-order valence-corrected chi connectivity index (χ4v) is 4.89. The van der Waals surface area contributed by atoms with Gasteiger partial charge in [0.2, 0.25) is 4.80 Å². The number of aromatic nitrogens is 1. The van der Waals surface area contributed by atoms with Crippen molar-refractivity contribution in [1.82, 2.24) is 4.68 Å².